The van der Waals surface area contributed by atoms with Gasteiger partial charge in [0.05, 0.1) is 0 Å². The lowest BCUT2D eigenvalue weighted by Gasteiger charge is -2.29. The molecule has 0 amide bonds. The van der Waals surface area contributed by atoms with Crippen LogP contribution in [-0.4, -0.2) is 16.7 Å². The first kappa shape index (κ1) is 14.3. The van der Waals surface area contributed by atoms with E-state index >= 15 is 0 Å². The first-order chi connectivity index (χ1) is 10.5. The molecule has 0 aliphatic carbocycles. The van der Waals surface area contributed by atoms with Crippen molar-refractivity contribution in [2.75, 3.05) is 5.32 Å². The molecule has 2 aromatic rings. The predicted molar refractivity (Wildman–Crippen MR) is 83.8 cm³/mol. The van der Waals surface area contributed by atoms with E-state index in [4.69, 9.17) is 0 Å². The zero-order valence-electron chi connectivity index (χ0n) is 12.4. The van der Waals surface area contributed by atoms with Crippen LogP contribution in [-0.2, 0) is 0 Å². The molecule has 112 valence electrons. The third-order valence-electron chi connectivity index (χ3n) is 4.09. The highest BCUT2D eigenvalue weighted by Gasteiger charge is 2.45. The Bertz CT molecular complexity index is 753. The van der Waals surface area contributed by atoms with Gasteiger partial charge in [0.2, 0.25) is 5.78 Å². The number of carbonyl (C=O) groups excluding carboxylic acids is 1. The van der Waals surface area contributed by atoms with Crippen molar-refractivity contribution in [3.8, 4) is 0 Å². The van der Waals surface area contributed by atoms with Gasteiger partial charge < -0.3 is 5.32 Å². The fourth-order valence-corrected chi connectivity index (χ4v) is 2.87. The highest BCUT2D eigenvalue weighted by atomic mass is 16.6. The van der Waals surface area contributed by atoms with Gasteiger partial charge in [0.15, 0.2) is 0 Å². The summed E-state index contributed by atoms with van der Waals surface area (Å²) in [6.45, 7) is 3.84. The molecule has 0 radical (unpaired) electrons. The van der Waals surface area contributed by atoms with E-state index in [0.717, 1.165) is 16.7 Å². The maximum atomic E-state index is 12.6. The Kier molecular flexibility index (Phi) is 3.41. The van der Waals surface area contributed by atoms with Gasteiger partial charge in [-0.3, -0.25) is 14.9 Å². The van der Waals surface area contributed by atoms with Crippen molar-refractivity contribution in [1.82, 2.24) is 0 Å². The summed E-state index contributed by atoms with van der Waals surface area (Å²) < 4.78 is 0. The second-order valence-corrected chi connectivity index (χ2v) is 5.62. The van der Waals surface area contributed by atoms with Crippen LogP contribution in [0.15, 0.2) is 42.5 Å². The minimum Gasteiger partial charge on any atom is -0.371 e. The molecule has 0 spiro atoms. The van der Waals surface area contributed by atoms with E-state index in [1.54, 1.807) is 12.1 Å². The van der Waals surface area contributed by atoms with Crippen molar-refractivity contribution in [2.45, 2.75) is 25.9 Å². The van der Waals surface area contributed by atoms with Crippen molar-refractivity contribution < 1.29 is 9.72 Å². The van der Waals surface area contributed by atoms with E-state index in [9.17, 15) is 14.9 Å². The van der Waals surface area contributed by atoms with Gasteiger partial charge in [0.1, 0.15) is 6.04 Å². The number of fused-ring (bicyclic) bond motifs is 1. The quantitative estimate of drug-likeness (QED) is 0.681. The Morgan fingerprint density at radius 2 is 1.77 bits per heavy atom. The Hall–Kier alpha value is -2.69. The minimum absolute atomic E-state index is 0.394. The second-order valence-electron chi connectivity index (χ2n) is 5.62. The summed E-state index contributed by atoms with van der Waals surface area (Å²) in [6, 6.07) is 10.8. The number of Topliss-reactive ketones (excluding diaryl/α,β-unsaturated/α-hetero) is 1. The molecule has 5 heteroatoms. The molecule has 1 heterocycles. The van der Waals surface area contributed by atoms with Gasteiger partial charge in [-0.05, 0) is 31.0 Å². The van der Waals surface area contributed by atoms with Crippen molar-refractivity contribution in [2.24, 2.45) is 0 Å². The van der Waals surface area contributed by atoms with E-state index < -0.39 is 22.8 Å². The first-order valence-electron chi connectivity index (χ1n) is 7.09. The van der Waals surface area contributed by atoms with E-state index in [-0.39, 0.29) is 0 Å². The highest BCUT2D eigenvalue weighted by molar-refractivity contribution is 6.07. The minimum atomic E-state index is -1.31. The molecule has 0 aromatic heterocycles. The zero-order valence-corrected chi connectivity index (χ0v) is 12.4. The summed E-state index contributed by atoms with van der Waals surface area (Å²) in [5.74, 6) is -0.437. The molecule has 1 aliphatic heterocycles. The van der Waals surface area contributed by atoms with Crippen LogP contribution in [0.1, 0.15) is 33.1 Å². The van der Waals surface area contributed by atoms with Gasteiger partial charge in [-0.15, -0.1) is 0 Å². The van der Waals surface area contributed by atoms with Crippen LogP contribution in [0.4, 0.5) is 5.69 Å². The molecule has 0 unspecified atom stereocenters. The largest absolute Gasteiger partial charge is 0.371 e. The Balaban J connectivity index is 2.13. The summed E-state index contributed by atoms with van der Waals surface area (Å²) >= 11 is 0. The number of anilines is 1. The summed E-state index contributed by atoms with van der Waals surface area (Å²) in [5, 5.41) is 14.7. The second kappa shape index (κ2) is 5.26. The normalized spacial score (nSPS) is 20.2. The Morgan fingerprint density at radius 3 is 2.41 bits per heavy atom. The molecule has 0 fully saturated rings. The number of hydrogen-bond donors (Lipinski definition) is 1. The molecular formula is C17H16N2O3. The monoisotopic (exact) mass is 296 g/mol. The van der Waals surface area contributed by atoms with Crippen LogP contribution in [0, 0.1) is 24.0 Å². The lowest BCUT2D eigenvalue weighted by Crippen LogP contribution is -2.43. The van der Waals surface area contributed by atoms with Crippen LogP contribution in [0.5, 0.6) is 0 Å². The molecule has 0 saturated heterocycles. The number of rotatable bonds is 2. The molecule has 1 N–H and O–H groups in total. The van der Waals surface area contributed by atoms with Crippen molar-refractivity contribution in [3.63, 3.8) is 0 Å². The van der Waals surface area contributed by atoms with Crippen LogP contribution in [0.3, 0.4) is 0 Å². The lowest BCUT2D eigenvalue weighted by molar-refractivity contribution is -0.508. The molecule has 3 rings (SSSR count). The van der Waals surface area contributed by atoms with E-state index in [1.807, 2.05) is 44.2 Å². The van der Waals surface area contributed by atoms with Crippen LogP contribution < -0.4 is 5.32 Å². The Labute approximate surface area is 128 Å². The molecule has 1 aliphatic rings. The maximum absolute atomic E-state index is 12.6. The average Bonchev–Trinajstić information content (AvgIpc) is 2.48. The predicted octanol–water partition coefficient (Wildman–Crippen LogP) is 3.30. The van der Waals surface area contributed by atoms with Gasteiger partial charge in [-0.25, -0.2) is 0 Å². The number of nitrogens with one attached hydrogen (secondary N) is 1. The molecular weight excluding hydrogens is 280 g/mol. The van der Waals surface area contributed by atoms with E-state index in [0.29, 0.717) is 11.3 Å². The number of para-hydroxylation sites is 1. The van der Waals surface area contributed by atoms with Gasteiger partial charge in [-0.1, -0.05) is 42.0 Å². The van der Waals surface area contributed by atoms with Crippen LogP contribution in [0.2, 0.25) is 0 Å². The van der Waals surface area contributed by atoms with Gasteiger partial charge in [0, 0.05) is 16.2 Å². The number of aryl methyl sites for hydroxylation is 2. The number of benzene rings is 2. The van der Waals surface area contributed by atoms with Crippen molar-refractivity contribution in [1.29, 1.82) is 0 Å². The SMILES string of the molecule is Cc1ccc([C@@H]2Nc3c(C)cccc3C(=O)[C@H]2[N+](=O)[O-])cc1. The number of ketones is 1. The van der Waals surface area contributed by atoms with Crippen molar-refractivity contribution in [3.05, 3.63) is 74.8 Å². The van der Waals surface area contributed by atoms with Gasteiger partial charge in [-0.2, -0.15) is 0 Å². The average molecular weight is 296 g/mol. The summed E-state index contributed by atoms with van der Waals surface area (Å²) in [4.78, 5) is 23.5. The van der Waals surface area contributed by atoms with Crippen LogP contribution in [0.25, 0.3) is 0 Å². The zero-order chi connectivity index (χ0) is 15.9. The highest BCUT2D eigenvalue weighted by Crippen LogP contribution is 2.36. The maximum Gasteiger partial charge on any atom is 0.298 e. The molecule has 0 saturated carbocycles. The van der Waals surface area contributed by atoms with Gasteiger partial charge >= 0.3 is 0 Å². The number of hydrogen-bond acceptors (Lipinski definition) is 4. The fraction of sp³-hybridized carbons (Fsp3) is 0.235. The third kappa shape index (κ3) is 2.24. The summed E-state index contributed by atoms with van der Waals surface area (Å²) in [5.41, 5.74) is 3.81. The summed E-state index contributed by atoms with van der Waals surface area (Å²) in [6.07, 6.45) is 0. The van der Waals surface area contributed by atoms with E-state index in [2.05, 4.69) is 5.32 Å². The lowest BCUT2D eigenvalue weighted by atomic mass is 9.87. The van der Waals surface area contributed by atoms with E-state index in [1.165, 1.54) is 0 Å². The first-order valence-corrected chi connectivity index (χ1v) is 7.09. The molecule has 2 atom stereocenters. The number of nitrogens with zero attached hydrogens (tertiary/aromatic N) is 1. The molecule has 22 heavy (non-hydrogen) atoms. The molecule has 0 bridgehead atoms. The Morgan fingerprint density at radius 1 is 1.09 bits per heavy atom. The topological polar surface area (TPSA) is 72.2 Å². The third-order valence-corrected chi connectivity index (χ3v) is 4.09. The fourth-order valence-electron chi connectivity index (χ4n) is 2.87. The standard InChI is InChI=1S/C17H16N2O3/c1-10-6-8-12(9-7-10)15-16(19(21)22)17(20)13-5-3-4-11(2)14(13)18-15/h3-9,15-16,18H,1-2H3/t15-,16-/m0/s1. The van der Waals surface area contributed by atoms with Crippen LogP contribution >= 0.6 is 0 Å². The number of carbonyl (C=O) groups is 1. The van der Waals surface area contributed by atoms with Gasteiger partial charge in [0.25, 0.3) is 6.04 Å². The molecule has 5 nitrogen and oxygen atoms in total. The number of nitro groups is 1. The smallest absolute Gasteiger partial charge is 0.298 e. The summed E-state index contributed by atoms with van der Waals surface area (Å²) in [7, 11) is 0. The van der Waals surface area contributed by atoms with Crippen molar-refractivity contribution >= 4 is 11.5 Å². The molecule has 2 aromatic carbocycles.